The molecule has 0 bridgehead atoms. The monoisotopic (exact) mass is 308 g/mol. The molecule has 1 aliphatic rings. The van der Waals surface area contributed by atoms with E-state index in [-0.39, 0.29) is 17.7 Å². The molecule has 1 saturated carbocycles. The van der Waals surface area contributed by atoms with E-state index < -0.39 is 17.4 Å². The molecule has 1 aliphatic carbocycles. The van der Waals surface area contributed by atoms with E-state index in [9.17, 15) is 14.7 Å². The van der Waals surface area contributed by atoms with Crippen molar-refractivity contribution in [2.45, 2.75) is 58.3 Å². The van der Waals surface area contributed by atoms with Crippen molar-refractivity contribution in [3.63, 3.8) is 0 Å². The molecule has 1 fully saturated rings. The summed E-state index contributed by atoms with van der Waals surface area (Å²) in [7, 11) is 5.57. The van der Waals surface area contributed by atoms with Crippen LogP contribution < -0.4 is 11.1 Å². The van der Waals surface area contributed by atoms with Crippen LogP contribution in [0.15, 0.2) is 0 Å². The van der Waals surface area contributed by atoms with Gasteiger partial charge >= 0.3 is 5.97 Å². The van der Waals surface area contributed by atoms with Gasteiger partial charge in [0.25, 0.3) is 0 Å². The number of hydrogen-bond acceptors (Lipinski definition) is 3. The largest absolute Gasteiger partial charge is 0.481 e. The Bertz CT molecular complexity index is 399. The standard InChI is InChI=1S/C16H29BN2O3/c1-10(2)16(3,18)15(22)19-9-12-5-4-11(6-7-17)8-13(12)14(20)21/h10-13H,4-9,18H2,1-3H3,(H,19,22)(H,20,21)/t11-,12?,13-,16+/m0/s1. The Kier molecular flexibility index (Phi) is 6.91. The van der Waals surface area contributed by atoms with Gasteiger partial charge in [-0.15, -0.1) is 0 Å². The fourth-order valence-corrected chi connectivity index (χ4v) is 3.04. The van der Waals surface area contributed by atoms with Gasteiger partial charge in [-0.05, 0) is 37.5 Å². The molecule has 0 aromatic rings. The molecule has 0 aromatic carbocycles. The first-order valence-electron chi connectivity index (χ1n) is 8.20. The third-order valence-electron chi connectivity index (χ3n) is 5.21. The molecule has 5 nitrogen and oxygen atoms in total. The topological polar surface area (TPSA) is 92.4 Å². The molecule has 4 N–H and O–H groups in total. The number of amides is 1. The summed E-state index contributed by atoms with van der Waals surface area (Å²) in [5, 5.41) is 12.3. The number of carboxylic acids is 1. The van der Waals surface area contributed by atoms with Gasteiger partial charge in [0.05, 0.1) is 19.3 Å². The molecule has 1 amide bonds. The van der Waals surface area contributed by atoms with Gasteiger partial charge < -0.3 is 16.2 Å². The molecule has 22 heavy (non-hydrogen) atoms. The maximum Gasteiger partial charge on any atom is 0.306 e. The van der Waals surface area contributed by atoms with Crippen LogP contribution >= 0.6 is 0 Å². The highest BCUT2D eigenvalue weighted by molar-refractivity contribution is 6.08. The second-order valence-electron chi connectivity index (χ2n) is 7.11. The lowest BCUT2D eigenvalue weighted by Gasteiger charge is -2.35. The van der Waals surface area contributed by atoms with E-state index in [2.05, 4.69) is 5.32 Å². The number of nitrogens with two attached hydrogens (primary N) is 1. The van der Waals surface area contributed by atoms with Crippen LogP contribution in [0.2, 0.25) is 6.32 Å². The first-order chi connectivity index (χ1) is 10.2. The minimum atomic E-state index is -0.935. The number of hydrogen-bond donors (Lipinski definition) is 3. The third-order valence-corrected chi connectivity index (χ3v) is 5.21. The molecule has 1 rings (SSSR count). The lowest BCUT2D eigenvalue weighted by molar-refractivity contribution is -0.146. The van der Waals surface area contributed by atoms with E-state index in [0.717, 1.165) is 19.3 Å². The maximum absolute atomic E-state index is 12.2. The third kappa shape index (κ3) is 4.73. The minimum Gasteiger partial charge on any atom is -0.481 e. The fraction of sp³-hybridized carbons (Fsp3) is 0.875. The van der Waals surface area contributed by atoms with Gasteiger partial charge in [-0.25, -0.2) is 0 Å². The summed E-state index contributed by atoms with van der Waals surface area (Å²) in [6.45, 7) is 5.89. The molecule has 0 spiro atoms. The van der Waals surface area contributed by atoms with Gasteiger partial charge in [-0.2, -0.15) is 0 Å². The van der Waals surface area contributed by atoms with Crippen LogP contribution in [-0.4, -0.2) is 36.9 Å². The van der Waals surface area contributed by atoms with E-state index >= 15 is 0 Å². The molecule has 6 heteroatoms. The number of rotatable bonds is 7. The van der Waals surface area contributed by atoms with Crippen molar-refractivity contribution in [1.82, 2.24) is 5.32 Å². The van der Waals surface area contributed by atoms with E-state index in [1.165, 1.54) is 0 Å². The van der Waals surface area contributed by atoms with E-state index in [0.29, 0.717) is 25.2 Å². The molecule has 0 aromatic heterocycles. The average Bonchev–Trinajstić information content (AvgIpc) is 2.45. The quantitative estimate of drug-likeness (QED) is 0.622. The summed E-state index contributed by atoms with van der Waals surface area (Å²) >= 11 is 0. The van der Waals surface area contributed by atoms with Crippen molar-refractivity contribution < 1.29 is 14.7 Å². The van der Waals surface area contributed by atoms with E-state index in [4.69, 9.17) is 13.6 Å². The Morgan fingerprint density at radius 2 is 2.05 bits per heavy atom. The normalized spacial score (nSPS) is 28.1. The molecule has 4 atom stereocenters. The first kappa shape index (κ1) is 19.0. The Labute approximate surface area is 134 Å². The van der Waals surface area contributed by atoms with Gasteiger partial charge in [-0.3, -0.25) is 9.59 Å². The van der Waals surface area contributed by atoms with Crippen LogP contribution in [0.5, 0.6) is 0 Å². The van der Waals surface area contributed by atoms with Crippen LogP contribution in [0.1, 0.15) is 46.5 Å². The van der Waals surface area contributed by atoms with Crippen LogP contribution in [0.25, 0.3) is 0 Å². The Balaban J connectivity index is 2.61. The molecule has 0 heterocycles. The molecular formula is C16H29BN2O3. The second kappa shape index (κ2) is 8.00. The predicted molar refractivity (Wildman–Crippen MR) is 87.6 cm³/mol. The first-order valence-corrected chi connectivity index (χ1v) is 8.20. The van der Waals surface area contributed by atoms with Crippen molar-refractivity contribution in [3.05, 3.63) is 0 Å². The summed E-state index contributed by atoms with van der Waals surface area (Å²) in [5.74, 6) is -1.03. The molecule has 0 aliphatic heterocycles. The number of nitrogens with one attached hydrogen (secondary N) is 1. The van der Waals surface area contributed by atoms with Gasteiger partial charge in [0, 0.05) is 6.54 Å². The lowest BCUT2D eigenvalue weighted by Crippen LogP contribution is -2.56. The lowest BCUT2D eigenvalue weighted by atomic mass is 9.71. The van der Waals surface area contributed by atoms with Crippen LogP contribution in [0.3, 0.4) is 0 Å². The molecule has 124 valence electrons. The Morgan fingerprint density at radius 1 is 1.41 bits per heavy atom. The Morgan fingerprint density at radius 3 is 2.55 bits per heavy atom. The Hall–Kier alpha value is -1.04. The zero-order valence-corrected chi connectivity index (χ0v) is 14.0. The van der Waals surface area contributed by atoms with Crippen molar-refractivity contribution in [1.29, 1.82) is 0 Å². The van der Waals surface area contributed by atoms with E-state index in [1.807, 2.05) is 13.8 Å². The molecule has 2 radical (unpaired) electrons. The van der Waals surface area contributed by atoms with Crippen LogP contribution in [0.4, 0.5) is 0 Å². The average molecular weight is 308 g/mol. The van der Waals surface area contributed by atoms with Gasteiger partial charge in [0.2, 0.25) is 5.91 Å². The second-order valence-corrected chi connectivity index (χ2v) is 7.11. The molecule has 0 saturated heterocycles. The summed E-state index contributed by atoms with van der Waals surface area (Å²) in [4.78, 5) is 23.7. The van der Waals surface area contributed by atoms with Gasteiger partial charge in [0.1, 0.15) is 0 Å². The van der Waals surface area contributed by atoms with Crippen LogP contribution in [0, 0.1) is 23.7 Å². The van der Waals surface area contributed by atoms with Crippen molar-refractivity contribution in [2.24, 2.45) is 29.4 Å². The van der Waals surface area contributed by atoms with Gasteiger partial charge in [-0.1, -0.05) is 33.0 Å². The fourth-order valence-electron chi connectivity index (χ4n) is 3.04. The highest BCUT2D eigenvalue weighted by Crippen LogP contribution is 2.36. The summed E-state index contributed by atoms with van der Waals surface area (Å²) in [6, 6.07) is 0. The van der Waals surface area contributed by atoms with E-state index in [1.54, 1.807) is 6.92 Å². The maximum atomic E-state index is 12.2. The number of aliphatic carboxylic acids is 1. The summed E-state index contributed by atoms with van der Waals surface area (Å²) in [6.07, 6.45) is 3.91. The highest BCUT2D eigenvalue weighted by atomic mass is 16.4. The predicted octanol–water partition coefficient (Wildman–Crippen LogP) is 1.57. The number of carbonyl (C=O) groups excluding carboxylic acids is 1. The highest BCUT2D eigenvalue weighted by Gasteiger charge is 2.37. The zero-order chi connectivity index (χ0) is 16.9. The summed E-state index contributed by atoms with van der Waals surface area (Å²) < 4.78 is 0. The van der Waals surface area contributed by atoms with Crippen molar-refractivity contribution >= 4 is 19.7 Å². The number of carbonyl (C=O) groups is 2. The molecule has 1 unspecified atom stereocenters. The smallest absolute Gasteiger partial charge is 0.306 e. The van der Waals surface area contributed by atoms with Crippen LogP contribution in [-0.2, 0) is 9.59 Å². The molecular weight excluding hydrogens is 279 g/mol. The SMILES string of the molecule is [B]CC[C@@H]1CCC(CNC(=O)[C@](C)(N)C(C)C)[C@@H](C(=O)O)C1. The van der Waals surface area contributed by atoms with Gasteiger partial charge in [0.15, 0.2) is 0 Å². The summed E-state index contributed by atoms with van der Waals surface area (Å²) in [5.41, 5.74) is 5.10. The van der Waals surface area contributed by atoms with Crippen molar-refractivity contribution in [3.8, 4) is 0 Å². The van der Waals surface area contributed by atoms with Crippen molar-refractivity contribution in [2.75, 3.05) is 6.54 Å². The number of carboxylic acid groups (broad SMARTS) is 1. The minimum absolute atomic E-state index is 0.0167. The zero-order valence-electron chi connectivity index (χ0n) is 14.0.